The summed E-state index contributed by atoms with van der Waals surface area (Å²) in [5, 5.41) is 7.89. The van der Waals surface area contributed by atoms with E-state index in [0.717, 1.165) is 29.5 Å². The molecule has 0 radical (unpaired) electrons. The Hall–Kier alpha value is -0.900. The lowest BCUT2D eigenvalue weighted by molar-refractivity contribution is 0.0698. The predicted molar refractivity (Wildman–Crippen MR) is 87.5 cm³/mol. The number of hydrogen-bond donors (Lipinski definition) is 1. The first-order chi connectivity index (χ1) is 10.2. The molecule has 0 aliphatic heterocycles. The molecule has 0 spiro atoms. The van der Waals surface area contributed by atoms with E-state index in [0.29, 0.717) is 6.54 Å². The summed E-state index contributed by atoms with van der Waals surface area (Å²) in [6.07, 6.45) is 6.84. The molecule has 4 rings (SSSR count). The molecule has 3 fully saturated rings. The summed E-state index contributed by atoms with van der Waals surface area (Å²) in [7, 11) is 0. The standard InChI is InChI=1S/C18H31N3O/c1-12-6-13-7-14(8-13)10-18(5,9-12)19-11-15-20-16(22-21-15)17(2,3)4/h12-14,19H,6-11H2,1-5H3. The van der Waals surface area contributed by atoms with Crippen LogP contribution in [0.3, 0.4) is 0 Å². The van der Waals surface area contributed by atoms with E-state index in [1.807, 2.05) is 0 Å². The third-order valence-corrected chi connectivity index (χ3v) is 5.39. The van der Waals surface area contributed by atoms with Gasteiger partial charge in [-0.3, -0.25) is 0 Å². The summed E-state index contributed by atoms with van der Waals surface area (Å²) in [5.74, 6) is 4.25. The van der Waals surface area contributed by atoms with Gasteiger partial charge in [0.2, 0.25) is 5.89 Å². The fourth-order valence-electron chi connectivity index (χ4n) is 4.44. The van der Waals surface area contributed by atoms with Gasteiger partial charge in [0.1, 0.15) is 0 Å². The molecule has 124 valence electrons. The van der Waals surface area contributed by atoms with E-state index in [-0.39, 0.29) is 11.0 Å². The van der Waals surface area contributed by atoms with Crippen LogP contribution in [0, 0.1) is 17.8 Å². The van der Waals surface area contributed by atoms with Crippen LogP contribution in [0.1, 0.15) is 78.4 Å². The van der Waals surface area contributed by atoms with Gasteiger partial charge in [-0.1, -0.05) is 32.9 Å². The Morgan fingerprint density at radius 3 is 2.55 bits per heavy atom. The molecule has 2 unspecified atom stereocenters. The number of hydrogen-bond acceptors (Lipinski definition) is 4. The first kappa shape index (κ1) is 16.0. The Morgan fingerprint density at radius 1 is 1.18 bits per heavy atom. The van der Waals surface area contributed by atoms with Gasteiger partial charge in [0.05, 0.1) is 6.54 Å². The molecule has 2 atom stereocenters. The van der Waals surface area contributed by atoms with Crippen LogP contribution in [-0.4, -0.2) is 15.7 Å². The maximum absolute atomic E-state index is 5.40. The number of fused-ring (bicyclic) bond motifs is 4. The van der Waals surface area contributed by atoms with Gasteiger partial charge >= 0.3 is 0 Å². The summed E-state index contributed by atoms with van der Waals surface area (Å²) in [4.78, 5) is 4.55. The Bertz CT molecular complexity index is 509. The summed E-state index contributed by atoms with van der Waals surface area (Å²) < 4.78 is 5.40. The van der Waals surface area contributed by atoms with Gasteiger partial charge in [-0.25, -0.2) is 0 Å². The predicted octanol–water partition coefficient (Wildman–Crippen LogP) is 4.06. The van der Waals surface area contributed by atoms with E-state index in [4.69, 9.17) is 4.52 Å². The average molecular weight is 305 g/mol. The first-order valence-corrected chi connectivity index (χ1v) is 8.82. The fourth-order valence-corrected chi connectivity index (χ4v) is 4.44. The van der Waals surface area contributed by atoms with E-state index in [2.05, 4.69) is 50.1 Å². The molecule has 2 bridgehead atoms. The molecule has 3 aliphatic rings. The summed E-state index contributed by atoms with van der Waals surface area (Å²) in [5.41, 5.74) is 0.128. The van der Waals surface area contributed by atoms with Crippen LogP contribution in [0.25, 0.3) is 0 Å². The Balaban J connectivity index is 1.62. The second kappa shape index (κ2) is 5.63. The molecule has 4 heteroatoms. The molecular weight excluding hydrogens is 274 g/mol. The van der Waals surface area contributed by atoms with Crippen LogP contribution in [-0.2, 0) is 12.0 Å². The summed E-state index contributed by atoms with van der Waals surface area (Å²) in [6.45, 7) is 11.8. The maximum atomic E-state index is 5.40. The lowest BCUT2D eigenvalue weighted by atomic mass is 9.62. The van der Waals surface area contributed by atoms with Gasteiger partial charge < -0.3 is 9.84 Å². The quantitative estimate of drug-likeness (QED) is 0.915. The Kier molecular flexibility index (Phi) is 4.09. The normalized spacial score (nSPS) is 35.6. The van der Waals surface area contributed by atoms with Crippen molar-refractivity contribution in [3.8, 4) is 0 Å². The van der Waals surface area contributed by atoms with Gasteiger partial charge in [0.15, 0.2) is 5.82 Å². The van der Waals surface area contributed by atoms with Gasteiger partial charge in [-0.05, 0) is 56.8 Å². The van der Waals surface area contributed by atoms with Crippen LogP contribution in [0.4, 0.5) is 0 Å². The minimum atomic E-state index is -0.0785. The van der Waals surface area contributed by atoms with Gasteiger partial charge in [0, 0.05) is 11.0 Å². The summed E-state index contributed by atoms with van der Waals surface area (Å²) in [6, 6.07) is 0. The van der Waals surface area contributed by atoms with E-state index >= 15 is 0 Å². The Morgan fingerprint density at radius 2 is 1.91 bits per heavy atom. The molecule has 0 saturated heterocycles. The van der Waals surface area contributed by atoms with Gasteiger partial charge in [-0.15, -0.1) is 0 Å². The van der Waals surface area contributed by atoms with Crippen LogP contribution in [0.2, 0.25) is 0 Å². The van der Waals surface area contributed by atoms with Crippen molar-refractivity contribution in [1.82, 2.24) is 15.5 Å². The topological polar surface area (TPSA) is 51.0 Å². The van der Waals surface area contributed by atoms with Crippen molar-refractivity contribution in [2.45, 2.75) is 84.2 Å². The molecule has 1 heterocycles. The van der Waals surface area contributed by atoms with Crippen molar-refractivity contribution in [3.05, 3.63) is 11.7 Å². The van der Waals surface area contributed by atoms with Crippen LogP contribution in [0.15, 0.2) is 4.52 Å². The Labute approximate surface area is 134 Å². The number of rotatable bonds is 3. The minimum Gasteiger partial charge on any atom is -0.339 e. The van der Waals surface area contributed by atoms with Crippen molar-refractivity contribution in [2.24, 2.45) is 17.8 Å². The van der Waals surface area contributed by atoms with Gasteiger partial charge in [0.25, 0.3) is 0 Å². The molecule has 4 nitrogen and oxygen atoms in total. The zero-order chi connectivity index (χ0) is 16.0. The summed E-state index contributed by atoms with van der Waals surface area (Å²) >= 11 is 0. The highest BCUT2D eigenvalue weighted by atomic mass is 16.5. The minimum absolute atomic E-state index is 0.0785. The fraction of sp³-hybridized carbons (Fsp3) is 0.889. The molecule has 3 saturated carbocycles. The average Bonchev–Trinajstić information content (AvgIpc) is 2.80. The van der Waals surface area contributed by atoms with Crippen LogP contribution < -0.4 is 5.32 Å². The molecule has 3 aliphatic carbocycles. The molecule has 1 N–H and O–H groups in total. The van der Waals surface area contributed by atoms with Crippen LogP contribution in [0.5, 0.6) is 0 Å². The van der Waals surface area contributed by atoms with Crippen molar-refractivity contribution >= 4 is 0 Å². The zero-order valence-corrected chi connectivity index (χ0v) is 14.8. The van der Waals surface area contributed by atoms with Gasteiger partial charge in [-0.2, -0.15) is 4.98 Å². The first-order valence-electron chi connectivity index (χ1n) is 8.82. The third kappa shape index (κ3) is 3.53. The zero-order valence-electron chi connectivity index (χ0n) is 14.8. The molecule has 1 aromatic heterocycles. The van der Waals surface area contributed by atoms with E-state index < -0.39 is 0 Å². The maximum Gasteiger partial charge on any atom is 0.232 e. The lowest BCUT2D eigenvalue weighted by Crippen LogP contribution is -2.48. The van der Waals surface area contributed by atoms with Crippen molar-refractivity contribution in [2.75, 3.05) is 0 Å². The molecule has 1 aromatic rings. The highest BCUT2D eigenvalue weighted by Crippen LogP contribution is 2.47. The van der Waals surface area contributed by atoms with Crippen molar-refractivity contribution < 1.29 is 4.52 Å². The largest absolute Gasteiger partial charge is 0.339 e. The monoisotopic (exact) mass is 305 g/mol. The highest BCUT2D eigenvalue weighted by molar-refractivity contribution is 5.00. The second-order valence-electron chi connectivity index (χ2n) is 9.13. The molecule has 22 heavy (non-hydrogen) atoms. The van der Waals surface area contributed by atoms with Crippen molar-refractivity contribution in [1.29, 1.82) is 0 Å². The molecule has 0 amide bonds. The third-order valence-electron chi connectivity index (χ3n) is 5.39. The second-order valence-corrected chi connectivity index (χ2v) is 9.13. The van der Waals surface area contributed by atoms with E-state index in [9.17, 15) is 0 Å². The van der Waals surface area contributed by atoms with E-state index in [1.165, 1.54) is 32.1 Å². The van der Waals surface area contributed by atoms with E-state index in [1.54, 1.807) is 0 Å². The smallest absolute Gasteiger partial charge is 0.232 e. The van der Waals surface area contributed by atoms with Crippen molar-refractivity contribution in [3.63, 3.8) is 0 Å². The van der Waals surface area contributed by atoms with Crippen LogP contribution >= 0.6 is 0 Å². The molecular formula is C18H31N3O. The number of aromatic nitrogens is 2. The highest BCUT2D eigenvalue weighted by Gasteiger charge is 2.40. The SMILES string of the molecule is CC1CC2CC(C2)CC(C)(NCc2noc(C(C)(C)C)n2)C1. The lowest BCUT2D eigenvalue weighted by Gasteiger charge is -2.47. The number of nitrogens with zero attached hydrogens (tertiary/aromatic N) is 2. The number of nitrogens with one attached hydrogen (secondary N) is 1. The molecule has 0 aromatic carbocycles.